The van der Waals surface area contributed by atoms with Crippen molar-refractivity contribution in [2.24, 2.45) is 0 Å². The van der Waals surface area contributed by atoms with Gasteiger partial charge < -0.3 is 5.11 Å². The van der Waals surface area contributed by atoms with Crippen LogP contribution in [0.2, 0.25) is 0 Å². The van der Waals surface area contributed by atoms with E-state index in [9.17, 15) is 9.90 Å². The second-order valence-electron chi connectivity index (χ2n) is 4.57. The van der Waals surface area contributed by atoms with Crippen LogP contribution in [0.25, 0.3) is 6.08 Å². The Morgan fingerprint density at radius 3 is 2.65 bits per heavy atom. The molecule has 0 saturated heterocycles. The second kappa shape index (κ2) is 9.79. The maximum absolute atomic E-state index is 10.9. The standard InChI is InChI=1S/C18H22O2/c1-2-3-4-5-6-7-8-9-10-12-16-13-11-14-18(20)17(16)15-19/h6-15,20H,2-5H2,1H3/b7-6+,9-8+,12-10+. The molecule has 0 fully saturated rings. The highest BCUT2D eigenvalue weighted by Crippen LogP contribution is 2.19. The molecule has 106 valence electrons. The zero-order valence-corrected chi connectivity index (χ0v) is 12.0. The topological polar surface area (TPSA) is 37.3 Å². The molecule has 2 nitrogen and oxygen atoms in total. The summed E-state index contributed by atoms with van der Waals surface area (Å²) in [5.74, 6) is 0.0157. The quantitative estimate of drug-likeness (QED) is 0.414. The average molecular weight is 270 g/mol. The number of benzene rings is 1. The van der Waals surface area contributed by atoms with Gasteiger partial charge in [0.2, 0.25) is 0 Å². The Bertz CT molecular complexity index is 496. The molecule has 0 aliphatic heterocycles. The predicted octanol–water partition coefficient (Wildman–Crippen LogP) is 4.91. The average Bonchev–Trinajstić information content (AvgIpc) is 2.45. The molecule has 1 rings (SSSR count). The first-order chi connectivity index (χ1) is 9.79. The summed E-state index contributed by atoms with van der Waals surface area (Å²) >= 11 is 0. The van der Waals surface area contributed by atoms with Gasteiger partial charge in [-0.3, -0.25) is 4.79 Å². The van der Waals surface area contributed by atoms with Crippen LogP contribution in [-0.2, 0) is 0 Å². The number of phenolic OH excluding ortho intramolecular Hbond substituents is 1. The van der Waals surface area contributed by atoms with Gasteiger partial charge in [-0.15, -0.1) is 0 Å². The van der Waals surface area contributed by atoms with E-state index in [1.165, 1.54) is 25.3 Å². The first kappa shape index (κ1) is 16.0. The van der Waals surface area contributed by atoms with Gasteiger partial charge in [-0.2, -0.15) is 0 Å². The Balaban J connectivity index is 2.49. The maximum Gasteiger partial charge on any atom is 0.154 e. The van der Waals surface area contributed by atoms with Crippen LogP contribution < -0.4 is 0 Å². The van der Waals surface area contributed by atoms with Gasteiger partial charge in [0.25, 0.3) is 0 Å². The fourth-order valence-corrected chi connectivity index (χ4v) is 1.82. The molecule has 0 radical (unpaired) electrons. The largest absolute Gasteiger partial charge is 0.507 e. The van der Waals surface area contributed by atoms with Gasteiger partial charge in [0.15, 0.2) is 6.29 Å². The van der Waals surface area contributed by atoms with Crippen LogP contribution in [0.3, 0.4) is 0 Å². The van der Waals surface area contributed by atoms with E-state index in [4.69, 9.17) is 0 Å². The third-order valence-corrected chi connectivity index (χ3v) is 2.95. The van der Waals surface area contributed by atoms with E-state index >= 15 is 0 Å². The van der Waals surface area contributed by atoms with E-state index in [0.29, 0.717) is 11.8 Å². The Morgan fingerprint density at radius 1 is 1.10 bits per heavy atom. The van der Waals surface area contributed by atoms with Crippen molar-refractivity contribution < 1.29 is 9.90 Å². The van der Waals surface area contributed by atoms with Gasteiger partial charge in [-0.1, -0.05) is 68.4 Å². The molecule has 0 unspecified atom stereocenters. The van der Waals surface area contributed by atoms with Gasteiger partial charge in [0.1, 0.15) is 5.75 Å². The lowest BCUT2D eigenvalue weighted by molar-refractivity contribution is 0.112. The first-order valence-corrected chi connectivity index (χ1v) is 7.06. The minimum Gasteiger partial charge on any atom is -0.507 e. The summed E-state index contributed by atoms with van der Waals surface area (Å²) in [4.78, 5) is 10.9. The number of aromatic hydroxyl groups is 1. The summed E-state index contributed by atoms with van der Waals surface area (Å²) in [5, 5.41) is 9.54. The Hall–Kier alpha value is -2.09. The monoisotopic (exact) mass is 270 g/mol. The molecule has 0 atom stereocenters. The minimum atomic E-state index is 0.0157. The number of hydrogen-bond acceptors (Lipinski definition) is 2. The molecule has 0 aromatic heterocycles. The van der Waals surface area contributed by atoms with Crippen molar-refractivity contribution in [2.75, 3.05) is 0 Å². The van der Waals surface area contributed by atoms with E-state index in [0.717, 1.165) is 12.0 Å². The van der Waals surface area contributed by atoms with Gasteiger partial charge in [-0.05, 0) is 24.5 Å². The van der Waals surface area contributed by atoms with Crippen molar-refractivity contribution in [3.05, 3.63) is 59.7 Å². The van der Waals surface area contributed by atoms with Crippen LogP contribution >= 0.6 is 0 Å². The zero-order valence-electron chi connectivity index (χ0n) is 12.0. The van der Waals surface area contributed by atoms with Gasteiger partial charge in [-0.25, -0.2) is 0 Å². The first-order valence-electron chi connectivity index (χ1n) is 7.06. The lowest BCUT2D eigenvalue weighted by Gasteiger charge is -2.00. The summed E-state index contributed by atoms with van der Waals surface area (Å²) in [6, 6.07) is 5.03. The summed E-state index contributed by atoms with van der Waals surface area (Å²) in [7, 11) is 0. The lowest BCUT2D eigenvalue weighted by Crippen LogP contribution is -1.85. The molecule has 0 aliphatic rings. The molecule has 1 aromatic carbocycles. The minimum absolute atomic E-state index is 0.0157. The molecule has 0 aliphatic carbocycles. The van der Waals surface area contributed by atoms with Crippen LogP contribution in [0.4, 0.5) is 0 Å². The number of aldehydes is 1. The molecular formula is C18H22O2. The summed E-state index contributed by atoms with van der Waals surface area (Å²) in [6.45, 7) is 2.20. The van der Waals surface area contributed by atoms with Crippen molar-refractivity contribution in [3.63, 3.8) is 0 Å². The van der Waals surface area contributed by atoms with Crippen molar-refractivity contribution in [2.45, 2.75) is 32.6 Å². The van der Waals surface area contributed by atoms with Crippen LogP contribution in [0, 0.1) is 0 Å². The number of unbranched alkanes of at least 4 members (excludes halogenated alkanes) is 3. The number of rotatable bonds is 8. The lowest BCUT2D eigenvalue weighted by atomic mass is 10.1. The van der Waals surface area contributed by atoms with Gasteiger partial charge >= 0.3 is 0 Å². The van der Waals surface area contributed by atoms with Gasteiger partial charge in [0.05, 0.1) is 5.56 Å². The maximum atomic E-state index is 10.9. The van der Waals surface area contributed by atoms with Crippen LogP contribution in [-0.4, -0.2) is 11.4 Å². The van der Waals surface area contributed by atoms with E-state index in [1.807, 2.05) is 30.4 Å². The number of hydrogen-bond donors (Lipinski definition) is 1. The fraction of sp³-hybridized carbons (Fsp3) is 0.278. The summed E-state index contributed by atoms with van der Waals surface area (Å²) in [6.07, 6.45) is 17.3. The van der Waals surface area contributed by atoms with Crippen molar-refractivity contribution >= 4 is 12.4 Å². The van der Waals surface area contributed by atoms with Crippen LogP contribution in [0.5, 0.6) is 5.75 Å². The Morgan fingerprint density at radius 2 is 1.90 bits per heavy atom. The number of carbonyl (C=O) groups excluding carboxylic acids is 1. The van der Waals surface area contributed by atoms with Crippen molar-refractivity contribution in [1.29, 1.82) is 0 Å². The Labute approximate surface area is 121 Å². The fourth-order valence-electron chi connectivity index (χ4n) is 1.82. The highest BCUT2D eigenvalue weighted by Gasteiger charge is 2.02. The smallest absolute Gasteiger partial charge is 0.154 e. The Kier molecular flexibility index (Phi) is 7.82. The second-order valence-corrected chi connectivity index (χ2v) is 4.57. The van der Waals surface area contributed by atoms with E-state index < -0.39 is 0 Å². The van der Waals surface area contributed by atoms with Crippen molar-refractivity contribution in [3.8, 4) is 5.75 Å². The molecule has 0 bridgehead atoms. The highest BCUT2D eigenvalue weighted by molar-refractivity contribution is 5.85. The van der Waals surface area contributed by atoms with Crippen LogP contribution in [0.1, 0.15) is 48.5 Å². The number of allylic oxidation sites excluding steroid dienone is 5. The molecule has 1 aromatic rings. The van der Waals surface area contributed by atoms with Crippen LogP contribution in [0.15, 0.2) is 48.6 Å². The zero-order chi connectivity index (χ0) is 14.6. The normalized spacial score (nSPS) is 11.8. The molecule has 20 heavy (non-hydrogen) atoms. The third kappa shape index (κ3) is 5.70. The molecule has 2 heteroatoms. The molecule has 0 amide bonds. The third-order valence-electron chi connectivity index (χ3n) is 2.95. The van der Waals surface area contributed by atoms with E-state index in [-0.39, 0.29) is 5.75 Å². The predicted molar refractivity (Wildman–Crippen MR) is 85.0 cm³/mol. The molecule has 0 heterocycles. The summed E-state index contributed by atoms with van der Waals surface area (Å²) in [5.41, 5.74) is 1.05. The van der Waals surface area contributed by atoms with E-state index in [1.54, 1.807) is 12.1 Å². The van der Waals surface area contributed by atoms with E-state index in [2.05, 4.69) is 13.0 Å². The number of carbonyl (C=O) groups is 1. The molecular weight excluding hydrogens is 248 g/mol. The molecule has 1 N–H and O–H groups in total. The highest BCUT2D eigenvalue weighted by atomic mass is 16.3. The summed E-state index contributed by atoms with van der Waals surface area (Å²) < 4.78 is 0. The number of phenols is 1. The molecule has 0 spiro atoms. The molecule has 0 saturated carbocycles. The SMILES string of the molecule is CCCCC/C=C/C=C/C=C/c1cccc(O)c1C=O. The van der Waals surface area contributed by atoms with Gasteiger partial charge in [0, 0.05) is 0 Å². The van der Waals surface area contributed by atoms with Crippen molar-refractivity contribution in [1.82, 2.24) is 0 Å².